The zero-order valence-electron chi connectivity index (χ0n) is 15.3. The van der Waals surface area contributed by atoms with E-state index in [1.54, 1.807) is 4.57 Å². The van der Waals surface area contributed by atoms with Crippen LogP contribution in [0.3, 0.4) is 0 Å². The Labute approximate surface area is 160 Å². The minimum absolute atomic E-state index is 0.0197. The molecule has 3 aromatic rings. The molecule has 1 aromatic carbocycles. The monoisotopic (exact) mass is 381 g/mol. The van der Waals surface area contributed by atoms with Crippen LogP contribution >= 0.6 is 11.3 Å². The fourth-order valence-electron chi connectivity index (χ4n) is 3.06. The van der Waals surface area contributed by atoms with E-state index in [0.29, 0.717) is 16.6 Å². The number of carbonyl (C=O) groups excluding carboxylic acids is 2. The van der Waals surface area contributed by atoms with E-state index in [1.807, 2.05) is 55.4 Å². The highest BCUT2D eigenvalue weighted by molar-refractivity contribution is 7.14. The molecular weight excluding hydrogens is 362 g/mol. The number of aryl methyl sites for hydroxylation is 1. The van der Waals surface area contributed by atoms with Crippen LogP contribution in [-0.2, 0) is 11.3 Å². The second-order valence-corrected chi connectivity index (χ2v) is 7.51. The van der Waals surface area contributed by atoms with Crippen molar-refractivity contribution < 1.29 is 9.59 Å². The summed E-state index contributed by atoms with van der Waals surface area (Å²) in [5, 5.41) is 5.25. The van der Waals surface area contributed by atoms with Gasteiger partial charge in [0.25, 0.3) is 0 Å². The quantitative estimate of drug-likeness (QED) is 0.751. The maximum Gasteiger partial charge on any atom is 0.246 e. The number of aromatic nitrogens is 3. The molecule has 0 fully saturated rings. The van der Waals surface area contributed by atoms with Crippen molar-refractivity contribution in [2.75, 3.05) is 17.3 Å². The molecule has 1 amide bonds. The summed E-state index contributed by atoms with van der Waals surface area (Å²) in [4.78, 5) is 35.4. The first kappa shape index (κ1) is 17.4. The number of rotatable bonds is 4. The van der Waals surface area contributed by atoms with Gasteiger partial charge in [-0.05, 0) is 13.8 Å². The van der Waals surface area contributed by atoms with Gasteiger partial charge in [-0.1, -0.05) is 29.8 Å². The number of Topliss-reactive ketones (excluding diaryl/α,β-unsaturated/α-hetero) is 1. The minimum atomic E-state index is -0.256. The second kappa shape index (κ2) is 6.62. The van der Waals surface area contributed by atoms with Gasteiger partial charge in [-0.25, -0.2) is 9.97 Å². The summed E-state index contributed by atoms with van der Waals surface area (Å²) in [5.74, 6) is 0.361. The summed E-state index contributed by atoms with van der Waals surface area (Å²) in [6, 6.07) is 7.82. The van der Waals surface area contributed by atoms with Gasteiger partial charge < -0.3 is 14.8 Å². The van der Waals surface area contributed by atoms with Crippen LogP contribution in [0, 0.1) is 6.92 Å². The lowest BCUT2D eigenvalue weighted by molar-refractivity contribution is -0.116. The van der Waals surface area contributed by atoms with Crippen molar-refractivity contribution >= 4 is 34.0 Å². The number of benzene rings is 1. The summed E-state index contributed by atoms with van der Waals surface area (Å²) in [7, 11) is 1.83. The second-order valence-electron chi connectivity index (χ2n) is 6.65. The Morgan fingerprint density at radius 1 is 1.30 bits per heavy atom. The normalized spacial score (nSPS) is 15.9. The van der Waals surface area contributed by atoms with Gasteiger partial charge in [-0.15, -0.1) is 11.3 Å². The van der Waals surface area contributed by atoms with E-state index in [4.69, 9.17) is 0 Å². The third kappa shape index (κ3) is 3.12. The van der Waals surface area contributed by atoms with Gasteiger partial charge in [-0.2, -0.15) is 0 Å². The van der Waals surface area contributed by atoms with E-state index in [2.05, 4.69) is 15.3 Å². The maximum absolute atomic E-state index is 12.4. The molecule has 1 unspecified atom stereocenters. The summed E-state index contributed by atoms with van der Waals surface area (Å²) in [5.41, 5.74) is 3.50. The fourth-order valence-corrected chi connectivity index (χ4v) is 3.80. The lowest BCUT2D eigenvalue weighted by Gasteiger charge is -2.14. The van der Waals surface area contributed by atoms with E-state index in [-0.39, 0.29) is 24.3 Å². The predicted octanol–water partition coefficient (Wildman–Crippen LogP) is 2.97. The molecule has 0 saturated carbocycles. The van der Waals surface area contributed by atoms with Gasteiger partial charge >= 0.3 is 0 Å². The molecule has 0 bridgehead atoms. The number of nitrogens with zero attached hydrogens (tertiary/aromatic N) is 4. The third-order valence-electron chi connectivity index (χ3n) is 4.76. The number of fused-ring (bicyclic) bond motifs is 1. The van der Waals surface area contributed by atoms with Gasteiger partial charge in [0.05, 0.1) is 18.1 Å². The van der Waals surface area contributed by atoms with E-state index in [1.165, 1.54) is 23.2 Å². The summed E-state index contributed by atoms with van der Waals surface area (Å²) in [6.45, 7) is 3.89. The van der Waals surface area contributed by atoms with Gasteiger partial charge in [0.15, 0.2) is 10.9 Å². The largest absolute Gasteiger partial charge is 0.348 e. The number of carbonyl (C=O) groups is 2. The first-order valence-electron chi connectivity index (χ1n) is 8.58. The average molecular weight is 381 g/mol. The fraction of sp³-hybridized carbons (Fsp3) is 0.263. The Morgan fingerprint density at radius 2 is 2.04 bits per heavy atom. The van der Waals surface area contributed by atoms with Crippen LogP contribution in [0.5, 0.6) is 0 Å². The van der Waals surface area contributed by atoms with Crippen LogP contribution in [0.25, 0.3) is 11.3 Å². The zero-order valence-corrected chi connectivity index (χ0v) is 16.1. The molecule has 1 aliphatic heterocycles. The highest BCUT2D eigenvalue weighted by Crippen LogP contribution is 2.29. The predicted molar refractivity (Wildman–Crippen MR) is 105 cm³/mol. The number of nitrogens with one attached hydrogen (secondary N) is 1. The molecule has 2 aromatic heterocycles. The van der Waals surface area contributed by atoms with Crippen molar-refractivity contribution in [2.24, 2.45) is 0 Å². The molecule has 7 nitrogen and oxygen atoms in total. The van der Waals surface area contributed by atoms with Crippen molar-refractivity contribution in [2.45, 2.75) is 26.4 Å². The SMILES string of the molecule is Cc1ccc(-c2csc(NC(=O)Cn3cnc4c3C(=O)C(C)N4C)n2)cc1. The molecule has 1 N–H and O–H groups in total. The number of hydrogen-bond acceptors (Lipinski definition) is 6. The Morgan fingerprint density at radius 3 is 2.78 bits per heavy atom. The molecule has 0 aliphatic carbocycles. The van der Waals surface area contributed by atoms with E-state index >= 15 is 0 Å². The van der Waals surface area contributed by atoms with Gasteiger partial charge in [0.1, 0.15) is 12.2 Å². The Bertz CT molecular complexity index is 1020. The number of thiazole rings is 1. The zero-order chi connectivity index (χ0) is 19.1. The smallest absolute Gasteiger partial charge is 0.246 e. The standard InChI is InChI=1S/C19H19N5O2S/c1-11-4-6-13(7-5-11)14-9-27-19(21-14)22-15(25)8-24-10-20-18-16(24)17(26)12(2)23(18)3/h4-7,9-10,12H,8H2,1-3H3,(H,21,22,25). The number of amides is 1. The maximum atomic E-state index is 12.4. The first-order valence-corrected chi connectivity index (χ1v) is 9.46. The molecule has 0 saturated heterocycles. The molecule has 8 heteroatoms. The molecule has 1 aliphatic rings. The summed E-state index contributed by atoms with van der Waals surface area (Å²) in [6.07, 6.45) is 1.53. The summed E-state index contributed by atoms with van der Waals surface area (Å²) >= 11 is 1.37. The van der Waals surface area contributed by atoms with Crippen LogP contribution < -0.4 is 10.2 Å². The van der Waals surface area contributed by atoms with Crippen LogP contribution in [0.1, 0.15) is 23.0 Å². The first-order chi connectivity index (χ1) is 12.9. The summed E-state index contributed by atoms with van der Waals surface area (Å²) < 4.78 is 1.60. The number of likely N-dealkylation sites (N-methyl/N-ethyl adjacent to an activating group) is 1. The van der Waals surface area contributed by atoms with Crippen molar-refractivity contribution in [3.63, 3.8) is 0 Å². The van der Waals surface area contributed by atoms with Crippen molar-refractivity contribution in [1.29, 1.82) is 0 Å². The molecular formula is C19H19N5O2S. The van der Waals surface area contributed by atoms with Gasteiger partial charge in [-0.3, -0.25) is 9.59 Å². The number of imidazole rings is 1. The third-order valence-corrected chi connectivity index (χ3v) is 5.52. The lowest BCUT2D eigenvalue weighted by Crippen LogP contribution is -2.29. The molecule has 3 heterocycles. The van der Waals surface area contributed by atoms with Gasteiger partial charge in [0, 0.05) is 18.0 Å². The van der Waals surface area contributed by atoms with Crippen molar-refractivity contribution in [3.05, 3.63) is 47.2 Å². The Kier molecular flexibility index (Phi) is 4.27. The van der Waals surface area contributed by atoms with Crippen LogP contribution in [0.15, 0.2) is 36.0 Å². The topological polar surface area (TPSA) is 80.1 Å². The molecule has 0 radical (unpaired) electrons. The number of ketones is 1. The minimum Gasteiger partial charge on any atom is -0.348 e. The molecule has 0 spiro atoms. The van der Waals surface area contributed by atoms with Crippen molar-refractivity contribution in [3.8, 4) is 11.3 Å². The van der Waals surface area contributed by atoms with Crippen molar-refractivity contribution in [1.82, 2.24) is 14.5 Å². The lowest BCUT2D eigenvalue weighted by atomic mass is 10.1. The van der Waals surface area contributed by atoms with E-state index in [0.717, 1.165) is 11.3 Å². The highest BCUT2D eigenvalue weighted by atomic mass is 32.1. The average Bonchev–Trinajstić information content (AvgIpc) is 3.32. The van der Waals surface area contributed by atoms with Gasteiger partial charge in [0.2, 0.25) is 11.7 Å². The molecule has 1 atom stereocenters. The van der Waals surface area contributed by atoms with Crippen LogP contribution in [0.2, 0.25) is 0 Å². The number of anilines is 2. The number of hydrogen-bond donors (Lipinski definition) is 1. The highest BCUT2D eigenvalue weighted by Gasteiger charge is 2.36. The molecule has 27 heavy (non-hydrogen) atoms. The van der Waals surface area contributed by atoms with Crippen LogP contribution in [0.4, 0.5) is 10.9 Å². The van der Waals surface area contributed by atoms with Crippen LogP contribution in [-0.4, -0.2) is 39.3 Å². The molecule has 4 rings (SSSR count). The van der Waals surface area contributed by atoms with E-state index in [9.17, 15) is 9.59 Å². The molecule has 138 valence electrons. The van der Waals surface area contributed by atoms with E-state index < -0.39 is 0 Å². The Hall–Kier alpha value is -3.00. The Balaban J connectivity index is 1.46.